The van der Waals surface area contributed by atoms with Crippen LogP contribution in [0, 0.1) is 10.1 Å². The molecule has 1 N–H and O–H groups in total. The number of rotatable bonds is 4. The molecule has 1 aromatic carbocycles. The number of hydrogen-bond acceptors (Lipinski definition) is 6. The van der Waals surface area contributed by atoms with Gasteiger partial charge in [-0.1, -0.05) is 15.9 Å². The molecule has 0 saturated carbocycles. The Morgan fingerprint density at radius 3 is 2.80 bits per heavy atom. The number of ether oxygens (including phenoxy) is 1. The zero-order valence-corrected chi connectivity index (χ0v) is 11.3. The molecule has 0 aliphatic carbocycles. The quantitative estimate of drug-likeness (QED) is 0.672. The molecule has 20 heavy (non-hydrogen) atoms. The second kappa shape index (κ2) is 5.61. The van der Waals surface area contributed by atoms with Gasteiger partial charge in [-0.3, -0.25) is 15.1 Å². The van der Waals surface area contributed by atoms with Crippen molar-refractivity contribution < 1.29 is 19.6 Å². The molecule has 2 aromatic rings. The molecule has 0 unspecified atom stereocenters. The van der Waals surface area contributed by atoms with Crippen molar-refractivity contribution >= 4 is 27.6 Å². The van der Waals surface area contributed by atoms with Gasteiger partial charge in [0.15, 0.2) is 5.69 Å². The molecule has 0 saturated heterocycles. The number of carboxylic acids is 1. The second-order valence-corrected chi connectivity index (χ2v) is 4.43. The first kappa shape index (κ1) is 13.9. The number of carbonyl (C=O) groups is 1. The largest absolute Gasteiger partial charge is 0.476 e. The number of halogens is 1. The summed E-state index contributed by atoms with van der Waals surface area (Å²) in [5, 5.41) is 19.7. The van der Waals surface area contributed by atoms with Crippen molar-refractivity contribution in [3.05, 3.63) is 50.9 Å². The van der Waals surface area contributed by atoms with Gasteiger partial charge in [-0.2, -0.15) is 0 Å². The first-order chi connectivity index (χ1) is 9.47. The lowest BCUT2D eigenvalue weighted by Gasteiger charge is -2.05. The number of nitro groups is 1. The van der Waals surface area contributed by atoms with Gasteiger partial charge < -0.3 is 9.84 Å². The van der Waals surface area contributed by atoms with Gasteiger partial charge in [-0.05, 0) is 12.1 Å². The lowest BCUT2D eigenvalue weighted by molar-refractivity contribution is -0.385. The predicted octanol–water partition coefficient (Wildman–Crippen LogP) is 2.64. The minimum Gasteiger partial charge on any atom is -0.476 e. The topological polar surface area (TPSA) is 115 Å². The SMILES string of the molecule is O=C(O)c1cncc(Oc2ccc(Br)cc2[N+](=O)[O-])n1. The Bertz CT molecular complexity index is 692. The van der Waals surface area contributed by atoms with E-state index in [1.807, 2.05) is 0 Å². The van der Waals surface area contributed by atoms with E-state index in [2.05, 4.69) is 25.9 Å². The summed E-state index contributed by atoms with van der Waals surface area (Å²) < 4.78 is 5.73. The molecule has 1 heterocycles. The average Bonchev–Trinajstić information content (AvgIpc) is 2.41. The van der Waals surface area contributed by atoms with Gasteiger partial charge >= 0.3 is 11.7 Å². The summed E-state index contributed by atoms with van der Waals surface area (Å²) in [6.45, 7) is 0. The van der Waals surface area contributed by atoms with Crippen molar-refractivity contribution in [1.29, 1.82) is 0 Å². The van der Waals surface area contributed by atoms with Crippen molar-refractivity contribution in [1.82, 2.24) is 9.97 Å². The maximum atomic E-state index is 10.9. The van der Waals surface area contributed by atoms with Gasteiger partial charge in [0.1, 0.15) is 0 Å². The number of carboxylic acid groups (broad SMARTS) is 1. The van der Waals surface area contributed by atoms with Crippen LogP contribution in [0.2, 0.25) is 0 Å². The van der Waals surface area contributed by atoms with Gasteiger partial charge in [-0.25, -0.2) is 9.78 Å². The smallest absolute Gasteiger partial charge is 0.356 e. The van der Waals surface area contributed by atoms with Crippen molar-refractivity contribution in [2.24, 2.45) is 0 Å². The van der Waals surface area contributed by atoms with Crippen LogP contribution in [0.15, 0.2) is 35.1 Å². The molecule has 1 aromatic heterocycles. The molecule has 0 bridgehead atoms. The standard InChI is InChI=1S/C11H6BrN3O5/c12-6-1-2-9(8(3-6)15(18)19)20-10-5-13-4-7(14-10)11(16)17/h1-5H,(H,16,17). The Morgan fingerprint density at radius 2 is 2.15 bits per heavy atom. The minimum absolute atomic E-state index is 0.0601. The van der Waals surface area contributed by atoms with E-state index < -0.39 is 10.9 Å². The normalized spacial score (nSPS) is 10.1. The van der Waals surface area contributed by atoms with E-state index in [9.17, 15) is 14.9 Å². The highest BCUT2D eigenvalue weighted by molar-refractivity contribution is 9.10. The van der Waals surface area contributed by atoms with Crippen LogP contribution in [-0.4, -0.2) is 26.0 Å². The lowest BCUT2D eigenvalue weighted by Crippen LogP contribution is -2.02. The molecule has 0 aliphatic heterocycles. The number of aromatic carboxylic acids is 1. The summed E-state index contributed by atoms with van der Waals surface area (Å²) in [5.41, 5.74) is -0.593. The molecule has 0 fully saturated rings. The van der Waals surface area contributed by atoms with E-state index in [-0.39, 0.29) is 23.0 Å². The van der Waals surface area contributed by atoms with Crippen LogP contribution >= 0.6 is 15.9 Å². The maximum absolute atomic E-state index is 10.9. The van der Waals surface area contributed by atoms with E-state index in [4.69, 9.17) is 9.84 Å². The molecule has 0 amide bonds. The van der Waals surface area contributed by atoms with Gasteiger partial charge in [0.25, 0.3) is 0 Å². The third kappa shape index (κ3) is 3.06. The molecule has 0 atom stereocenters. The summed E-state index contributed by atoms with van der Waals surface area (Å²) in [6.07, 6.45) is 2.21. The Labute approximate surface area is 120 Å². The van der Waals surface area contributed by atoms with E-state index in [0.717, 1.165) is 12.4 Å². The molecule has 0 spiro atoms. The van der Waals surface area contributed by atoms with Gasteiger partial charge in [0, 0.05) is 10.5 Å². The van der Waals surface area contributed by atoms with Crippen LogP contribution in [0.4, 0.5) is 5.69 Å². The summed E-state index contributed by atoms with van der Waals surface area (Å²) in [4.78, 5) is 28.4. The number of aromatic nitrogens is 2. The fraction of sp³-hybridized carbons (Fsp3) is 0. The van der Waals surface area contributed by atoms with E-state index >= 15 is 0 Å². The minimum atomic E-state index is -1.27. The molecular formula is C11H6BrN3O5. The van der Waals surface area contributed by atoms with E-state index in [1.54, 1.807) is 6.07 Å². The average molecular weight is 340 g/mol. The molecule has 0 radical (unpaired) electrons. The third-order valence-electron chi connectivity index (χ3n) is 2.16. The Morgan fingerprint density at radius 1 is 1.40 bits per heavy atom. The van der Waals surface area contributed by atoms with Crippen LogP contribution in [-0.2, 0) is 0 Å². The van der Waals surface area contributed by atoms with Gasteiger partial charge in [0.2, 0.25) is 11.6 Å². The second-order valence-electron chi connectivity index (χ2n) is 3.52. The zero-order chi connectivity index (χ0) is 14.7. The molecular weight excluding hydrogens is 334 g/mol. The van der Waals surface area contributed by atoms with Crippen LogP contribution < -0.4 is 4.74 Å². The van der Waals surface area contributed by atoms with Crippen molar-refractivity contribution in [2.45, 2.75) is 0 Å². The van der Waals surface area contributed by atoms with Crippen molar-refractivity contribution in [3.8, 4) is 11.6 Å². The predicted molar refractivity (Wildman–Crippen MR) is 69.9 cm³/mol. The number of nitrogens with zero attached hydrogens (tertiary/aromatic N) is 3. The zero-order valence-electron chi connectivity index (χ0n) is 9.69. The van der Waals surface area contributed by atoms with Gasteiger partial charge in [0.05, 0.1) is 17.3 Å². The highest BCUT2D eigenvalue weighted by Gasteiger charge is 2.17. The first-order valence-electron chi connectivity index (χ1n) is 5.14. The molecule has 8 nitrogen and oxygen atoms in total. The monoisotopic (exact) mass is 339 g/mol. The Hall–Kier alpha value is -2.55. The van der Waals surface area contributed by atoms with E-state index in [1.165, 1.54) is 12.1 Å². The number of benzene rings is 1. The highest BCUT2D eigenvalue weighted by Crippen LogP contribution is 2.32. The summed E-state index contributed by atoms with van der Waals surface area (Å²) in [6, 6.07) is 4.19. The van der Waals surface area contributed by atoms with Crippen LogP contribution in [0.1, 0.15) is 10.5 Å². The highest BCUT2D eigenvalue weighted by atomic mass is 79.9. The molecule has 2 rings (SSSR count). The maximum Gasteiger partial charge on any atom is 0.356 e. The van der Waals surface area contributed by atoms with Crippen molar-refractivity contribution in [2.75, 3.05) is 0 Å². The van der Waals surface area contributed by atoms with Crippen LogP contribution in [0.5, 0.6) is 11.6 Å². The summed E-state index contributed by atoms with van der Waals surface area (Å²) in [7, 11) is 0. The summed E-state index contributed by atoms with van der Waals surface area (Å²) >= 11 is 3.12. The third-order valence-corrected chi connectivity index (χ3v) is 2.66. The summed E-state index contributed by atoms with van der Waals surface area (Å²) in [5.74, 6) is -1.47. The van der Waals surface area contributed by atoms with Crippen molar-refractivity contribution in [3.63, 3.8) is 0 Å². The van der Waals surface area contributed by atoms with Gasteiger partial charge in [-0.15, -0.1) is 0 Å². The molecule has 102 valence electrons. The lowest BCUT2D eigenvalue weighted by atomic mass is 10.3. The van der Waals surface area contributed by atoms with Crippen LogP contribution in [0.3, 0.4) is 0 Å². The molecule has 0 aliphatic rings. The Balaban J connectivity index is 2.37. The first-order valence-corrected chi connectivity index (χ1v) is 5.94. The fourth-order valence-corrected chi connectivity index (χ4v) is 1.68. The number of nitro benzene ring substituents is 1. The number of hydrogen-bond donors (Lipinski definition) is 1. The fourth-order valence-electron chi connectivity index (χ4n) is 1.33. The Kier molecular flexibility index (Phi) is 3.89. The van der Waals surface area contributed by atoms with E-state index in [0.29, 0.717) is 4.47 Å². The van der Waals surface area contributed by atoms with Crippen LogP contribution in [0.25, 0.3) is 0 Å². The molecule has 9 heteroatoms.